The number of nitrogens with two attached hydrogens (primary N) is 1. The Kier molecular flexibility index (Phi) is 4.81. The fourth-order valence-electron chi connectivity index (χ4n) is 1.30. The highest BCUT2D eigenvalue weighted by Gasteiger charge is 2.11. The Labute approximate surface area is 106 Å². The number of hydrogen-bond donors (Lipinski definition) is 1. The molecule has 0 saturated heterocycles. The lowest BCUT2D eigenvalue weighted by atomic mass is 10.1. The van der Waals surface area contributed by atoms with E-state index in [0.29, 0.717) is 5.92 Å². The van der Waals surface area contributed by atoms with E-state index in [0.717, 1.165) is 15.8 Å². The molecule has 0 fully saturated rings. The summed E-state index contributed by atoms with van der Waals surface area (Å²) in [6, 6.07) is 6.00. The van der Waals surface area contributed by atoms with Crippen molar-refractivity contribution in [1.82, 2.24) is 0 Å². The molecule has 0 aliphatic rings. The van der Waals surface area contributed by atoms with Crippen molar-refractivity contribution >= 4 is 15.9 Å². The van der Waals surface area contributed by atoms with Crippen molar-refractivity contribution in [2.45, 2.75) is 39.8 Å². The van der Waals surface area contributed by atoms with Crippen LogP contribution in [0.2, 0.25) is 0 Å². The second-order valence-electron chi connectivity index (χ2n) is 4.54. The lowest BCUT2D eigenvalue weighted by Gasteiger charge is -2.19. The summed E-state index contributed by atoms with van der Waals surface area (Å²) in [5.74, 6) is 1.39. The molecule has 0 saturated carbocycles. The first-order valence-corrected chi connectivity index (χ1v) is 6.42. The van der Waals surface area contributed by atoms with Crippen molar-refractivity contribution in [3.05, 3.63) is 28.2 Å². The van der Waals surface area contributed by atoms with Gasteiger partial charge in [-0.2, -0.15) is 0 Å². The third-order valence-corrected chi connectivity index (χ3v) is 3.41. The van der Waals surface area contributed by atoms with Gasteiger partial charge in [0.15, 0.2) is 0 Å². The minimum absolute atomic E-state index is 0.0333. The Hall–Kier alpha value is -0.540. The van der Waals surface area contributed by atoms with Crippen molar-refractivity contribution in [2.75, 3.05) is 0 Å². The average molecular weight is 286 g/mol. The maximum Gasteiger partial charge on any atom is 0.120 e. The van der Waals surface area contributed by atoms with Crippen molar-refractivity contribution in [3.63, 3.8) is 0 Å². The molecule has 0 amide bonds. The van der Waals surface area contributed by atoms with Gasteiger partial charge < -0.3 is 10.5 Å². The van der Waals surface area contributed by atoms with Crippen LogP contribution in [0.5, 0.6) is 5.75 Å². The molecule has 0 aromatic heterocycles. The molecule has 2 nitrogen and oxygen atoms in total. The quantitative estimate of drug-likeness (QED) is 0.911. The van der Waals surface area contributed by atoms with Gasteiger partial charge in [-0.25, -0.2) is 0 Å². The van der Waals surface area contributed by atoms with Crippen LogP contribution in [-0.2, 0) is 0 Å². The average Bonchev–Trinajstić information content (AvgIpc) is 2.16. The van der Waals surface area contributed by atoms with Crippen LogP contribution >= 0.6 is 15.9 Å². The van der Waals surface area contributed by atoms with E-state index >= 15 is 0 Å². The lowest BCUT2D eigenvalue weighted by molar-refractivity contribution is 0.170. The fourth-order valence-corrected chi connectivity index (χ4v) is 2.02. The first kappa shape index (κ1) is 13.5. The normalized spacial score (nSPS) is 14.9. The molecular formula is C13H20BrNO. The van der Waals surface area contributed by atoms with Crippen LogP contribution in [0.4, 0.5) is 0 Å². The van der Waals surface area contributed by atoms with Gasteiger partial charge >= 0.3 is 0 Å². The van der Waals surface area contributed by atoms with E-state index in [4.69, 9.17) is 10.5 Å². The Balaban J connectivity index is 2.81. The van der Waals surface area contributed by atoms with Crippen LogP contribution in [0.25, 0.3) is 0 Å². The molecule has 0 bridgehead atoms. The Morgan fingerprint density at radius 3 is 2.25 bits per heavy atom. The van der Waals surface area contributed by atoms with Gasteiger partial charge in [-0.1, -0.05) is 35.8 Å². The summed E-state index contributed by atoms with van der Waals surface area (Å²) in [4.78, 5) is 0. The Morgan fingerprint density at radius 2 is 1.81 bits per heavy atom. The molecule has 0 aliphatic carbocycles. The highest BCUT2D eigenvalue weighted by atomic mass is 79.9. The zero-order valence-corrected chi connectivity index (χ0v) is 11.9. The summed E-state index contributed by atoms with van der Waals surface area (Å²) < 4.78 is 6.83. The summed E-state index contributed by atoms with van der Waals surface area (Å²) in [6.45, 7) is 8.35. The second kappa shape index (κ2) is 5.69. The number of hydrogen-bond acceptors (Lipinski definition) is 2. The molecule has 1 unspecified atom stereocenters. The largest absolute Gasteiger partial charge is 0.490 e. The fraction of sp³-hybridized carbons (Fsp3) is 0.538. The topological polar surface area (TPSA) is 35.2 Å². The molecule has 1 aromatic rings. The first-order valence-electron chi connectivity index (χ1n) is 5.63. The summed E-state index contributed by atoms with van der Waals surface area (Å²) >= 11 is 3.51. The van der Waals surface area contributed by atoms with Gasteiger partial charge in [0, 0.05) is 10.5 Å². The molecule has 0 spiro atoms. The predicted molar refractivity (Wildman–Crippen MR) is 71.7 cm³/mol. The number of benzene rings is 1. The molecular weight excluding hydrogens is 266 g/mol. The maximum absolute atomic E-state index is 5.84. The lowest BCUT2D eigenvalue weighted by Crippen LogP contribution is -2.18. The molecule has 16 heavy (non-hydrogen) atoms. The molecule has 0 aliphatic heterocycles. The summed E-state index contributed by atoms with van der Waals surface area (Å²) in [5, 5.41) is 0. The van der Waals surface area contributed by atoms with Crippen LogP contribution in [0.1, 0.15) is 39.3 Å². The maximum atomic E-state index is 5.84. The van der Waals surface area contributed by atoms with Gasteiger partial charge in [0.1, 0.15) is 5.75 Å². The standard InChI is InChI=1S/C13H20BrNO/c1-8(2)10(4)16-11-5-6-12(9(3)15)13(14)7-11/h5-10H,15H2,1-4H3/t9-,10?/m0/s1. The van der Waals surface area contributed by atoms with Gasteiger partial charge in [0.05, 0.1) is 6.10 Å². The molecule has 1 aromatic carbocycles. The highest BCUT2D eigenvalue weighted by Crippen LogP contribution is 2.27. The first-order chi connectivity index (χ1) is 7.41. The zero-order valence-electron chi connectivity index (χ0n) is 10.3. The third kappa shape index (κ3) is 3.49. The van der Waals surface area contributed by atoms with Gasteiger partial charge in [0.25, 0.3) is 0 Å². The summed E-state index contributed by atoms with van der Waals surface area (Å²) in [6.07, 6.45) is 0.216. The van der Waals surface area contributed by atoms with Gasteiger partial charge in [0.2, 0.25) is 0 Å². The van der Waals surface area contributed by atoms with E-state index < -0.39 is 0 Å². The van der Waals surface area contributed by atoms with Crippen molar-refractivity contribution in [1.29, 1.82) is 0 Å². The minimum atomic E-state index is 0.0333. The van der Waals surface area contributed by atoms with E-state index in [2.05, 4.69) is 36.7 Å². The minimum Gasteiger partial charge on any atom is -0.490 e. The molecule has 2 atom stereocenters. The van der Waals surface area contributed by atoms with Crippen LogP contribution in [-0.4, -0.2) is 6.10 Å². The summed E-state index contributed by atoms with van der Waals surface area (Å²) in [7, 11) is 0. The number of rotatable bonds is 4. The van der Waals surface area contributed by atoms with E-state index in [1.165, 1.54) is 0 Å². The monoisotopic (exact) mass is 285 g/mol. The zero-order chi connectivity index (χ0) is 12.3. The van der Waals surface area contributed by atoms with E-state index in [9.17, 15) is 0 Å². The van der Waals surface area contributed by atoms with Crippen molar-refractivity contribution in [2.24, 2.45) is 11.7 Å². The van der Waals surface area contributed by atoms with Crippen LogP contribution in [0.3, 0.4) is 0 Å². The predicted octanol–water partition coefficient (Wildman–Crippen LogP) is 3.89. The van der Waals surface area contributed by atoms with E-state index in [-0.39, 0.29) is 12.1 Å². The van der Waals surface area contributed by atoms with E-state index in [1.807, 2.05) is 25.1 Å². The van der Waals surface area contributed by atoms with Gasteiger partial charge in [-0.15, -0.1) is 0 Å². The molecule has 1 rings (SSSR count). The smallest absolute Gasteiger partial charge is 0.120 e. The summed E-state index contributed by atoms with van der Waals surface area (Å²) in [5.41, 5.74) is 6.94. The Morgan fingerprint density at radius 1 is 1.19 bits per heavy atom. The van der Waals surface area contributed by atoms with Gasteiger partial charge in [-0.3, -0.25) is 0 Å². The van der Waals surface area contributed by atoms with Crippen LogP contribution < -0.4 is 10.5 Å². The molecule has 90 valence electrons. The Bertz CT molecular complexity index is 350. The van der Waals surface area contributed by atoms with Crippen LogP contribution in [0, 0.1) is 5.92 Å². The number of ether oxygens (including phenoxy) is 1. The van der Waals surface area contributed by atoms with Crippen LogP contribution in [0.15, 0.2) is 22.7 Å². The second-order valence-corrected chi connectivity index (χ2v) is 5.39. The van der Waals surface area contributed by atoms with Crippen molar-refractivity contribution in [3.8, 4) is 5.75 Å². The molecule has 0 radical (unpaired) electrons. The molecule has 3 heteroatoms. The molecule has 0 heterocycles. The van der Waals surface area contributed by atoms with E-state index in [1.54, 1.807) is 0 Å². The van der Waals surface area contributed by atoms with Crippen molar-refractivity contribution < 1.29 is 4.74 Å². The third-order valence-electron chi connectivity index (χ3n) is 2.72. The van der Waals surface area contributed by atoms with Gasteiger partial charge in [-0.05, 0) is 37.5 Å². The SMILES string of the molecule is CC(C)C(C)Oc1ccc([C@H](C)N)c(Br)c1. The highest BCUT2D eigenvalue weighted by molar-refractivity contribution is 9.10. The number of halogens is 1. The molecule has 2 N–H and O–H groups in total.